The molecule has 5 rings (SSSR count). The van der Waals surface area contributed by atoms with Crippen molar-refractivity contribution < 1.29 is 26.3 Å². The zero-order valence-electron chi connectivity index (χ0n) is 19.5. The maximum atomic E-state index is 14.1. The van der Waals surface area contributed by atoms with Gasteiger partial charge in [-0.05, 0) is 48.7 Å². The van der Waals surface area contributed by atoms with E-state index in [1.807, 2.05) is 0 Å². The molecule has 0 bridgehead atoms. The highest BCUT2D eigenvalue weighted by molar-refractivity contribution is 7.94. The highest BCUT2D eigenvalue weighted by Crippen LogP contribution is 2.39. The summed E-state index contributed by atoms with van der Waals surface area (Å²) in [6.45, 7) is 0.344. The van der Waals surface area contributed by atoms with Gasteiger partial charge in [0.1, 0.15) is 17.1 Å². The van der Waals surface area contributed by atoms with Gasteiger partial charge in [0.05, 0.1) is 39.1 Å². The van der Waals surface area contributed by atoms with Gasteiger partial charge in [-0.2, -0.15) is 0 Å². The lowest BCUT2D eigenvalue weighted by Gasteiger charge is -2.24. The Morgan fingerprint density at radius 1 is 1.19 bits per heavy atom. The van der Waals surface area contributed by atoms with Crippen LogP contribution >= 0.6 is 0 Å². The van der Waals surface area contributed by atoms with Gasteiger partial charge >= 0.3 is 0 Å². The first-order chi connectivity index (χ1) is 16.9. The predicted octanol–water partition coefficient (Wildman–Crippen LogP) is 3.24. The number of pyridine rings is 1. The summed E-state index contributed by atoms with van der Waals surface area (Å²) in [5.41, 5.74) is -0.420. The Morgan fingerprint density at radius 3 is 2.58 bits per heavy atom. The van der Waals surface area contributed by atoms with Crippen LogP contribution in [0.25, 0.3) is 16.6 Å². The highest BCUT2D eigenvalue weighted by Gasteiger charge is 2.30. The van der Waals surface area contributed by atoms with Gasteiger partial charge in [-0.1, -0.05) is 12.8 Å². The summed E-state index contributed by atoms with van der Waals surface area (Å²) in [5.74, 6) is -0.631. The summed E-state index contributed by atoms with van der Waals surface area (Å²) in [6, 6.07) is 7.78. The Hall–Kier alpha value is -3.38. The molecular weight excluding hydrogens is 509 g/mol. The standard InChI is InChI=1S/C24H24FN3O6S2/c1-27(35(2,31)32)16-6-7-18-21(12-16)36(33,34)13-19(26-18)22-23(29)17-11-15(25)5-8-20(17)28(24(22)30)10-9-14-3-4-14/h5-8,11-14,26,29H,3-4,9-10H2,1-2H3. The van der Waals surface area contributed by atoms with E-state index in [4.69, 9.17) is 0 Å². The number of fused-ring (bicyclic) bond motifs is 2. The molecule has 1 aromatic heterocycles. The van der Waals surface area contributed by atoms with Crippen molar-refractivity contribution in [3.05, 3.63) is 63.5 Å². The molecule has 36 heavy (non-hydrogen) atoms. The van der Waals surface area contributed by atoms with Gasteiger partial charge in [0.25, 0.3) is 5.56 Å². The van der Waals surface area contributed by atoms with E-state index < -0.39 is 37.0 Å². The smallest absolute Gasteiger partial charge is 0.264 e. The van der Waals surface area contributed by atoms with Crippen molar-refractivity contribution in [1.29, 1.82) is 0 Å². The number of aromatic nitrogens is 1. The summed E-state index contributed by atoms with van der Waals surface area (Å²) in [6.07, 6.45) is 3.88. The number of sulfone groups is 1. The number of aryl methyl sites for hydroxylation is 1. The van der Waals surface area contributed by atoms with Crippen molar-refractivity contribution in [3.63, 3.8) is 0 Å². The first-order valence-corrected chi connectivity index (χ1v) is 14.6. The third kappa shape index (κ3) is 4.24. The zero-order chi connectivity index (χ0) is 26.0. The van der Waals surface area contributed by atoms with Crippen molar-refractivity contribution >= 4 is 47.8 Å². The summed E-state index contributed by atoms with van der Waals surface area (Å²) < 4.78 is 66.6. The number of nitrogens with zero attached hydrogens (tertiary/aromatic N) is 2. The second-order valence-corrected chi connectivity index (χ2v) is 13.0. The fourth-order valence-electron chi connectivity index (χ4n) is 4.35. The molecule has 1 saturated carbocycles. The van der Waals surface area contributed by atoms with E-state index in [0.717, 1.165) is 41.3 Å². The molecule has 9 nitrogen and oxygen atoms in total. The van der Waals surface area contributed by atoms with E-state index in [-0.39, 0.29) is 32.9 Å². The molecule has 3 aromatic rings. The van der Waals surface area contributed by atoms with Crippen LogP contribution in [0.2, 0.25) is 0 Å². The van der Waals surface area contributed by atoms with Crippen molar-refractivity contribution in [2.24, 2.45) is 5.92 Å². The molecule has 1 aliphatic heterocycles. The number of benzene rings is 2. The van der Waals surface area contributed by atoms with Crippen LogP contribution in [-0.2, 0) is 26.4 Å². The third-order valence-corrected chi connectivity index (χ3v) is 9.31. The first-order valence-electron chi connectivity index (χ1n) is 11.2. The predicted molar refractivity (Wildman–Crippen MR) is 136 cm³/mol. The Morgan fingerprint density at radius 2 is 1.92 bits per heavy atom. The quantitative estimate of drug-likeness (QED) is 0.498. The molecule has 0 atom stereocenters. The van der Waals surface area contributed by atoms with Gasteiger partial charge in [0.15, 0.2) is 0 Å². The van der Waals surface area contributed by atoms with Gasteiger partial charge in [0.2, 0.25) is 19.9 Å². The molecule has 2 aromatic carbocycles. The van der Waals surface area contributed by atoms with Crippen LogP contribution in [-0.4, -0.2) is 39.8 Å². The zero-order valence-corrected chi connectivity index (χ0v) is 21.2. The van der Waals surface area contributed by atoms with E-state index in [9.17, 15) is 31.1 Å². The molecule has 0 saturated heterocycles. The second kappa shape index (κ2) is 8.34. The average molecular weight is 534 g/mol. The van der Waals surface area contributed by atoms with E-state index in [1.165, 1.54) is 41.9 Å². The molecule has 2 aliphatic rings. The summed E-state index contributed by atoms with van der Waals surface area (Å²) in [5, 5.41) is 14.8. The van der Waals surface area contributed by atoms with Crippen LogP contribution in [0, 0.1) is 11.7 Å². The molecule has 1 aliphatic carbocycles. The lowest BCUT2D eigenvalue weighted by molar-refractivity contribution is 0.475. The fourth-order valence-corrected chi connectivity index (χ4v) is 6.17. The highest BCUT2D eigenvalue weighted by atomic mass is 32.2. The molecule has 0 amide bonds. The van der Waals surface area contributed by atoms with Gasteiger partial charge in [0, 0.05) is 19.0 Å². The maximum absolute atomic E-state index is 14.1. The maximum Gasteiger partial charge on any atom is 0.264 e. The Kier molecular flexibility index (Phi) is 5.63. The topological polar surface area (TPSA) is 126 Å². The number of hydrogen-bond acceptors (Lipinski definition) is 7. The first kappa shape index (κ1) is 24.3. The van der Waals surface area contributed by atoms with Crippen molar-refractivity contribution in [2.45, 2.75) is 30.7 Å². The van der Waals surface area contributed by atoms with E-state index >= 15 is 0 Å². The SMILES string of the molecule is CN(c1ccc2c(c1)S(=O)(=O)C=C(c1c(O)c3cc(F)ccc3n(CCC3CC3)c1=O)N2)S(C)(=O)=O. The number of rotatable bonds is 6. The van der Waals surface area contributed by atoms with Crippen LogP contribution in [0.3, 0.4) is 0 Å². The Labute approximate surface area is 207 Å². The average Bonchev–Trinajstić information content (AvgIpc) is 3.62. The van der Waals surface area contributed by atoms with Crippen LogP contribution in [0.4, 0.5) is 15.8 Å². The molecule has 0 spiro atoms. The largest absolute Gasteiger partial charge is 0.506 e. The Balaban J connectivity index is 1.67. The number of halogens is 1. The van der Waals surface area contributed by atoms with Crippen molar-refractivity contribution in [2.75, 3.05) is 22.9 Å². The minimum atomic E-state index is -4.14. The summed E-state index contributed by atoms with van der Waals surface area (Å²) in [4.78, 5) is 13.4. The third-order valence-electron chi connectivity index (χ3n) is 6.60. The van der Waals surface area contributed by atoms with Crippen molar-refractivity contribution in [3.8, 4) is 5.75 Å². The fraction of sp³-hybridized carbons (Fsp3) is 0.292. The monoisotopic (exact) mass is 533 g/mol. The second-order valence-electron chi connectivity index (χ2n) is 9.19. The van der Waals surface area contributed by atoms with E-state index in [1.54, 1.807) is 0 Å². The number of hydrogen-bond donors (Lipinski definition) is 2. The van der Waals surface area contributed by atoms with Crippen LogP contribution in [0.15, 0.2) is 51.5 Å². The lowest BCUT2D eigenvalue weighted by atomic mass is 10.1. The van der Waals surface area contributed by atoms with E-state index in [2.05, 4.69) is 5.32 Å². The molecule has 190 valence electrons. The van der Waals surface area contributed by atoms with Gasteiger partial charge < -0.3 is 15.0 Å². The lowest BCUT2D eigenvalue weighted by Crippen LogP contribution is -2.27. The summed E-state index contributed by atoms with van der Waals surface area (Å²) in [7, 11) is -6.47. The van der Waals surface area contributed by atoms with Crippen LogP contribution in [0.1, 0.15) is 24.8 Å². The van der Waals surface area contributed by atoms with Gasteiger partial charge in [-0.25, -0.2) is 21.2 Å². The summed E-state index contributed by atoms with van der Waals surface area (Å²) >= 11 is 0. The van der Waals surface area contributed by atoms with Gasteiger partial charge in [-0.15, -0.1) is 0 Å². The Bertz CT molecular complexity index is 1720. The molecule has 1 fully saturated rings. The molecule has 12 heteroatoms. The number of aromatic hydroxyl groups is 1. The van der Waals surface area contributed by atoms with Gasteiger partial charge in [-0.3, -0.25) is 9.10 Å². The number of sulfonamides is 1. The molecule has 0 radical (unpaired) electrons. The van der Waals surface area contributed by atoms with Crippen LogP contribution in [0.5, 0.6) is 5.75 Å². The number of anilines is 2. The van der Waals surface area contributed by atoms with Crippen molar-refractivity contribution in [1.82, 2.24) is 4.57 Å². The minimum Gasteiger partial charge on any atom is -0.506 e. The molecule has 0 unspecified atom stereocenters. The van der Waals surface area contributed by atoms with E-state index in [0.29, 0.717) is 18.0 Å². The molecule has 2 heterocycles. The molecule has 2 N–H and O–H groups in total. The number of nitrogens with one attached hydrogen (secondary N) is 1. The molecular formula is C24H24FN3O6S2. The van der Waals surface area contributed by atoms with Crippen LogP contribution < -0.4 is 15.2 Å². The normalized spacial score (nSPS) is 16.8. The minimum absolute atomic E-state index is 0.0939.